The fourth-order valence-electron chi connectivity index (χ4n) is 2.23. The highest BCUT2D eigenvalue weighted by Crippen LogP contribution is 2.26. The summed E-state index contributed by atoms with van der Waals surface area (Å²) in [7, 11) is 3.86. The monoisotopic (exact) mass is 368 g/mol. The largest absolute Gasteiger partial charge is 0.333 e. The number of hydrogen-bond acceptors (Lipinski definition) is 2. The van der Waals surface area contributed by atoms with Crippen molar-refractivity contribution < 1.29 is 9.18 Å². The quantitative estimate of drug-likeness (QED) is 0.708. The van der Waals surface area contributed by atoms with Crippen molar-refractivity contribution in [2.75, 3.05) is 27.2 Å². The first-order chi connectivity index (χ1) is 11.4. The molecule has 1 amide bonds. The molecule has 2 rings (SSSR count). The van der Waals surface area contributed by atoms with Gasteiger partial charge in [-0.2, -0.15) is 0 Å². The molecule has 0 saturated heterocycles. The van der Waals surface area contributed by atoms with E-state index in [1.165, 1.54) is 6.07 Å². The van der Waals surface area contributed by atoms with Crippen molar-refractivity contribution in [3.05, 3.63) is 69.5 Å². The Morgan fingerprint density at radius 2 is 1.71 bits per heavy atom. The zero-order chi connectivity index (χ0) is 17.7. The first kappa shape index (κ1) is 18.7. The van der Waals surface area contributed by atoms with Crippen LogP contribution in [0.1, 0.15) is 15.9 Å². The molecule has 0 atom stereocenters. The number of nitrogens with zero attached hydrogens (tertiary/aromatic N) is 2. The van der Waals surface area contributed by atoms with Gasteiger partial charge >= 0.3 is 0 Å². The van der Waals surface area contributed by atoms with Crippen LogP contribution in [0.25, 0.3) is 0 Å². The number of carbonyl (C=O) groups is 1. The second kappa shape index (κ2) is 8.47. The molecule has 0 aromatic heterocycles. The molecule has 0 heterocycles. The zero-order valence-electron chi connectivity index (χ0n) is 13.6. The van der Waals surface area contributed by atoms with Gasteiger partial charge in [0.15, 0.2) is 0 Å². The van der Waals surface area contributed by atoms with Crippen molar-refractivity contribution in [3.63, 3.8) is 0 Å². The third kappa shape index (κ3) is 4.94. The highest BCUT2D eigenvalue weighted by molar-refractivity contribution is 6.36. The lowest BCUT2D eigenvalue weighted by Gasteiger charge is -2.25. The van der Waals surface area contributed by atoms with E-state index in [0.717, 1.165) is 11.6 Å². The standard InChI is InChI=1S/C18H19Cl2FN2O/c1-22(2)8-9-23(12-13-6-4-3-5-7-13)18(24)14-10-17(21)16(20)11-15(14)19/h3-7,10-11H,8-9,12H2,1-2H3. The molecule has 0 bridgehead atoms. The van der Waals surface area contributed by atoms with Crippen molar-refractivity contribution in [1.82, 2.24) is 9.80 Å². The van der Waals surface area contributed by atoms with E-state index in [0.29, 0.717) is 19.6 Å². The summed E-state index contributed by atoms with van der Waals surface area (Å²) in [5.41, 5.74) is 1.11. The van der Waals surface area contributed by atoms with Gasteiger partial charge in [0.05, 0.1) is 15.6 Å². The smallest absolute Gasteiger partial charge is 0.255 e. The molecular weight excluding hydrogens is 350 g/mol. The minimum absolute atomic E-state index is 0.0977. The van der Waals surface area contributed by atoms with E-state index < -0.39 is 5.82 Å². The summed E-state index contributed by atoms with van der Waals surface area (Å²) >= 11 is 11.8. The molecule has 0 radical (unpaired) electrons. The Labute approximate surface area is 151 Å². The predicted molar refractivity (Wildman–Crippen MR) is 96.2 cm³/mol. The molecule has 0 spiro atoms. The van der Waals surface area contributed by atoms with E-state index in [-0.39, 0.29) is 21.5 Å². The normalized spacial score (nSPS) is 10.9. The Kier molecular flexibility index (Phi) is 6.60. The first-order valence-corrected chi connectivity index (χ1v) is 8.26. The maximum atomic E-state index is 13.8. The lowest BCUT2D eigenvalue weighted by Crippen LogP contribution is -2.36. The first-order valence-electron chi connectivity index (χ1n) is 7.51. The number of likely N-dealkylation sites (N-methyl/N-ethyl adjacent to an activating group) is 1. The average Bonchev–Trinajstić information content (AvgIpc) is 2.55. The van der Waals surface area contributed by atoms with Gasteiger partial charge in [0.2, 0.25) is 0 Å². The van der Waals surface area contributed by atoms with Crippen molar-refractivity contribution in [3.8, 4) is 0 Å². The van der Waals surface area contributed by atoms with Gasteiger partial charge < -0.3 is 9.80 Å². The van der Waals surface area contributed by atoms with Crippen molar-refractivity contribution >= 4 is 29.1 Å². The molecule has 24 heavy (non-hydrogen) atoms. The lowest BCUT2D eigenvalue weighted by atomic mass is 10.1. The third-order valence-electron chi connectivity index (χ3n) is 3.56. The molecule has 6 heteroatoms. The molecule has 0 aliphatic carbocycles. The van der Waals surface area contributed by atoms with Gasteiger partial charge in [-0.1, -0.05) is 53.5 Å². The second-order valence-electron chi connectivity index (χ2n) is 5.76. The van der Waals surface area contributed by atoms with E-state index >= 15 is 0 Å². The Balaban J connectivity index is 2.28. The molecule has 0 fully saturated rings. The second-order valence-corrected chi connectivity index (χ2v) is 6.58. The summed E-state index contributed by atoms with van der Waals surface area (Å²) in [6.45, 7) is 1.61. The van der Waals surface area contributed by atoms with Crippen LogP contribution in [0.5, 0.6) is 0 Å². The summed E-state index contributed by atoms with van der Waals surface area (Å²) in [5, 5.41) is 0.0498. The minimum Gasteiger partial charge on any atom is -0.333 e. The van der Waals surface area contributed by atoms with Crippen molar-refractivity contribution in [2.24, 2.45) is 0 Å². The van der Waals surface area contributed by atoms with Crippen molar-refractivity contribution in [2.45, 2.75) is 6.54 Å². The fraction of sp³-hybridized carbons (Fsp3) is 0.278. The van der Waals surface area contributed by atoms with Crippen LogP contribution in [-0.4, -0.2) is 42.9 Å². The number of benzene rings is 2. The zero-order valence-corrected chi connectivity index (χ0v) is 15.1. The Morgan fingerprint density at radius 1 is 1.04 bits per heavy atom. The molecule has 0 aliphatic rings. The van der Waals surface area contributed by atoms with E-state index in [1.54, 1.807) is 4.90 Å². The molecule has 0 aliphatic heterocycles. The summed E-state index contributed by atoms with van der Waals surface area (Å²) in [5.74, 6) is -0.974. The number of rotatable bonds is 6. The maximum Gasteiger partial charge on any atom is 0.255 e. The van der Waals surface area contributed by atoms with Crippen LogP contribution >= 0.6 is 23.2 Å². The van der Waals surface area contributed by atoms with Gasteiger partial charge in [-0.05, 0) is 31.8 Å². The van der Waals surface area contributed by atoms with E-state index in [2.05, 4.69) is 0 Å². The topological polar surface area (TPSA) is 23.6 Å². The van der Waals surface area contributed by atoms with Crippen LogP contribution in [0.15, 0.2) is 42.5 Å². The highest BCUT2D eigenvalue weighted by atomic mass is 35.5. The van der Waals surface area contributed by atoms with Crippen molar-refractivity contribution in [1.29, 1.82) is 0 Å². The van der Waals surface area contributed by atoms with Crippen LogP contribution in [0.4, 0.5) is 4.39 Å². The summed E-state index contributed by atoms with van der Waals surface area (Å²) in [6, 6.07) is 12.0. The molecule has 3 nitrogen and oxygen atoms in total. The van der Waals surface area contributed by atoms with E-state index in [1.807, 2.05) is 49.3 Å². The number of hydrogen-bond donors (Lipinski definition) is 0. The highest BCUT2D eigenvalue weighted by Gasteiger charge is 2.21. The van der Waals surface area contributed by atoms with Crippen LogP contribution in [0.2, 0.25) is 10.0 Å². The summed E-state index contributed by atoms with van der Waals surface area (Å²) in [4.78, 5) is 16.5. The molecule has 0 N–H and O–H groups in total. The van der Waals surface area contributed by atoms with Gasteiger partial charge in [0.1, 0.15) is 5.82 Å². The van der Waals surface area contributed by atoms with E-state index in [4.69, 9.17) is 23.2 Å². The molecule has 128 valence electrons. The number of halogens is 3. The van der Waals surface area contributed by atoms with Gasteiger partial charge in [0, 0.05) is 19.6 Å². The molecule has 2 aromatic carbocycles. The molecule has 2 aromatic rings. The van der Waals surface area contributed by atoms with E-state index in [9.17, 15) is 9.18 Å². The minimum atomic E-state index is -0.656. The SMILES string of the molecule is CN(C)CCN(Cc1ccccc1)C(=O)c1cc(F)c(Cl)cc1Cl. The lowest BCUT2D eigenvalue weighted by molar-refractivity contribution is 0.0731. The number of carbonyl (C=O) groups excluding carboxylic acids is 1. The van der Waals surface area contributed by atoms with Gasteiger partial charge in [0.25, 0.3) is 5.91 Å². The maximum absolute atomic E-state index is 13.8. The van der Waals surface area contributed by atoms with Crippen LogP contribution < -0.4 is 0 Å². The average molecular weight is 369 g/mol. The van der Waals surface area contributed by atoms with Gasteiger partial charge in [-0.15, -0.1) is 0 Å². The Bertz CT molecular complexity index is 708. The molecule has 0 unspecified atom stereocenters. The van der Waals surface area contributed by atoms with Crippen LogP contribution in [-0.2, 0) is 6.54 Å². The third-order valence-corrected chi connectivity index (χ3v) is 4.16. The van der Waals surface area contributed by atoms with Crippen LogP contribution in [0, 0.1) is 5.82 Å². The van der Waals surface area contributed by atoms with Gasteiger partial charge in [-0.3, -0.25) is 4.79 Å². The Hall–Kier alpha value is -1.62. The molecular formula is C18H19Cl2FN2O. The fourth-order valence-corrected chi connectivity index (χ4v) is 2.70. The van der Waals surface area contributed by atoms with Crippen LogP contribution in [0.3, 0.4) is 0 Å². The Morgan fingerprint density at radius 3 is 2.33 bits per heavy atom. The summed E-state index contributed by atoms with van der Waals surface area (Å²) < 4.78 is 13.8. The predicted octanol–water partition coefficient (Wildman–Crippen LogP) is 4.34. The van der Waals surface area contributed by atoms with Gasteiger partial charge in [-0.25, -0.2) is 4.39 Å². The number of amides is 1. The summed E-state index contributed by atoms with van der Waals surface area (Å²) in [6.07, 6.45) is 0. The molecule has 0 saturated carbocycles.